The molecular formula is C20H19ClFN5O. The number of hydrogen-bond donors (Lipinski definition) is 3. The monoisotopic (exact) mass is 399 g/mol. The maximum Gasteiger partial charge on any atom is 0.251 e. The second-order valence-corrected chi connectivity index (χ2v) is 6.67. The lowest BCUT2D eigenvalue weighted by molar-refractivity contribution is 0.0996. The molecule has 0 saturated heterocycles. The zero-order valence-electron chi connectivity index (χ0n) is 15.2. The molecule has 2 aromatic carbocycles. The Morgan fingerprint density at radius 2 is 2.00 bits per heavy atom. The van der Waals surface area contributed by atoms with Crippen LogP contribution >= 0.6 is 11.6 Å². The predicted molar refractivity (Wildman–Crippen MR) is 109 cm³/mol. The Morgan fingerprint density at radius 1 is 1.21 bits per heavy atom. The van der Waals surface area contributed by atoms with Gasteiger partial charge in [0.15, 0.2) is 0 Å². The third-order valence-electron chi connectivity index (χ3n) is 4.31. The Morgan fingerprint density at radius 3 is 2.71 bits per heavy atom. The predicted octanol–water partition coefficient (Wildman–Crippen LogP) is 3.58. The SMILES string of the molecule is Cc1c(Cl)cccc1-c1cc(NCCc2ccc(C(N)=O)c(F)c2)nc(N)n1. The van der Waals surface area contributed by atoms with Gasteiger partial charge in [-0.1, -0.05) is 29.8 Å². The number of amides is 1. The number of anilines is 2. The van der Waals surface area contributed by atoms with E-state index in [9.17, 15) is 9.18 Å². The number of benzene rings is 2. The largest absolute Gasteiger partial charge is 0.370 e. The lowest BCUT2D eigenvalue weighted by Crippen LogP contribution is -2.14. The van der Waals surface area contributed by atoms with Crippen molar-refractivity contribution in [2.75, 3.05) is 17.6 Å². The van der Waals surface area contributed by atoms with Gasteiger partial charge in [0.1, 0.15) is 11.6 Å². The van der Waals surface area contributed by atoms with Crippen molar-refractivity contribution in [1.82, 2.24) is 9.97 Å². The van der Waals surface area contributed by atoms with Gasteiger partial charge < -0.3 is 16.8 Å². The molecule has 0 unspecified atom stereocenters. The van der Waals surface area contributed by atoms with Gasteiger partial charge >= 0.3 is 0 Å². The Kier molecular flexibility index (Phi) is 5.75. The number of hydrogen-bond acceptors (Lipinski definition) is 5. The number of nitrogens with two attached hydrogens (primary N) is 2. The lowest BCUT2D eigenvalue weighted by atomic mass is 10.1. The first-order chi connectivity index (χ1) is 13.3. The normalized spacial score (nSPS) is 10.7. The van der Waals surface area contributed by atoms with Crippen LogP contribution in [0.15, 0.2) is 42.5 Å². The van der Waals surface area contributed by atoms with Crippen LogP contribution in [-0.4, -0.2) is 22.4 Å². The maximum atomic E-state index is 13.8. The number of rotatable bonds is 6. The van der Waals surface area contributed by atoms with Crippen LogP contribution < -0.4 is 16.8 Å². The van der Waals surface area contributed by atoms with Gasteiger partial charge in [0.25, 0.3) is 5.91 Å². The molecule has 0 atom stereocenters. The number of primary amides is 1. The van der Waals surface area contributed by atoms with E-state index in [0.717, 1.165) is 16.7 Å². The summed E-state index contributed by atoms with van der Waals surface area (Å²) in [5.41, 5.74) is 14.0. The van der Waals surface area contributed by atoms with Crippen molar-refractivity contribution in [3.63, 3.8) is 0 Å². The van der Waals surface area contributed by atoms with E-state index in [1.807, 2.05) is 25.1 Å². The number of nitrogens with one attached hydrogen (secondary N) is 1. The number of aromatic nitrogens is 2. The summed E-state index contributed by atoms with van der Waals surface area (Å²) in [7, 11) is 0. The molecular weight excluding hydrogens is 381 g/mol. The minimum atomic E-state index is -0.789. The van der Waals surface area contributed by atoms with Gasteiger partial charge in [0.2, 0.25) is 5.95 Å². The van der Waals surface area contributed by atoms with Crippen molar-refractivity contribution in [3.05, 3.63) is 70.0 Å². The first-order valence-corrected chi connectivity index (χ1v) is 8.95. The van der Waals surface area contributed by atoms with Crippen LogP contribution in [0.25, 0.3) is 11.3 Å². The molecule has 0 spiro atoms. The van der Waals surface area contributed by atoms with Gasteiger partial charge in [-0.3, -0.25) is 4.79 Å². The van der Waals surface area contributed by atoms with Crippen LogP contribution in [0, 0.1) is 12.7 Å². The van der Waals surface area contributed by atoms with Crippen LogP contribution in [0.2, 0.25) is 5.02 Å². The summed E-state index contributed by atoms with van der Waals surface area (Å²) < 4.78 is 13.8. The Hall–Kier alpha value is -3.19. The van der Waals surface area contributed by atoms with E-state index < -0.39 is 11.7 Å². The van der Waals surface area contributed by atoms with E-state index in [4.69, 9.17) is 23.1 Å². The Bertz CT molecular complexity index is 1040. The molecule has 0 fully saturated rings. The van der Waals surface area contributed by atoms with Crippen molar-refractivity contribution in [1.29, 1.82) is 0 Å². The minimum absolute atomic E-state index is 0.123. The number of halogens is 2. The second-order valence-electron chi connectivity index (χ2n) is 6.26. The van der Waals surface area contributed by atoms with Crippen molar-refractivity contribution >= 4 is 29.3 Å². The third-order valence-corrected chi connectivity index (χ3v) is 4.72. The fourth-order valence-corrected chi connectivity index (χ4v) is 3.00. The van der Waals surface area contributed by atoms with E-state index in [1.165, 1.54) is 12.1 Å². The molecule has 1 heterocycles. The van der Waals surface area contributed by atoms with Crippen molar-refractivity contribution in [3.8, 4) is 11.3 Å². The average Bonchev–Trinajstić information content (AvgIpc) is 2.63. The standard InChI is InChI=1S/C20H19ClFN5O/c1-11-13(3-2-4-15(11)21)17-10-18(27-20(24)26-17)25-8-7-12-5-6-14(19(23)28)16(22)9-12/h2-6,9-10H,7-8H2,1H3,(H2,23,28)(H3,24,25,26,27). The molecule has 1 amide bonds. The number of nitrogens with zero attached hydrogens (tertiary/aromatic N) is 2. The fourth-order valence-electron chi connectivity index (χ4n) is 2.83. The fraction of sp³-hybridized carbons (Fsp3) is 0.150. The molecule has 0 aliphatic heterocycles. The molecule has 0 aliphatic carbocycles. The lowest BCUT2D eigenvalue weighted by Gasteiger charge is -2.11. The molecule has 3 rings (SSSR count). The second kappa shape index (κ2) is 8.22. The summed E-state index contributed by atoms with van der Waals surface area (Å²) in [5.74, 6) is -0.732. The van der Waals surface area contributed by atoms with Crippen LogP contribution in [0.4, 0.5) is 16.2 Å². The maximum absolute atomic E-state index is 13.8. The van der Waals surface area contributed by atoms with Gasteiger partial charge in [-0.05, 0) is 42.7 Å². The summed E-state index contributed by atoms with van der Waals surface area (Å²) in [4.78, 5) is 19.6. The highest BCUT2D eigenvalue weighted by Crippen LogP contribution is 2.28. The van der Waals surface area contributed by atoms with Crippen LogP contribution in [-0.2, 0) is 6.42 Å². The van der Waals surface area contributed by atoms with Gasteiger partial charge in [-0.2, -0.15) is 4.98 Å². The first-order valence-electron chi connectivity index (χ1n) is 8.57. The van der Waals surface area contributed by atoms with E-state index >= 15 is 0 Å². The highest BCUT2D eigenvalue weighted by Gasteiger charge is 2.11. The summed E-state index contributed by atoms with van der Waals surface area (Å²) in [6, 6.07) is 11.7. The summed E-state index contributed by atoms with van der Waals surface area (Å²) in [6.07, 6.45) is 0.519. The highest BCUT2D eigenvalue weighted by atomic mass is 35.5. The number of carbonyl (C=O) groups excluding carboxylic acids is 1. The molecule has 0 bridgehead atoms. The Balaban J connectivity index is 1.73. The third kappa shape index (κ3) is 4.37. The van der Waals surface area contributed by atoms with E-state index in [1.54, 1.807) is 12.1 Å². The molecule has 1 aromatic heterocycles. The van der Waals surface area contributed by atoms with E-state index in [0.29, 0.717) is 29.5 Å². The van der Waals surface area contributed by atoms with Crippen molar-refractivity contribution < 1.29 is 9.18 Å². The molecule has 3 aromatic rings. The zero-order valence-corrected chi connectivity index (χ0v) is 15.9. The smallest absolute Gasteiger partial charge is 0.251 e. The Labute approximate surface area is 166 Å². The molecule has 5 N–H and O–H groups in total. The van der Waals surface area contributed by atoms with Gasteiger partial charge in [-0.15, -0.1) is 0 Å². The molecule has 6 nitrogen and oxygen atoms in total. The molecule has 8 heteroatoms. The van der Waals surface area contributed by atoms with Crippen molar-refractivity contribution in [2.45, 2.75) is 13.3 Å². The summed E-state index contributed by atoms with van der Waals surface area (Å²) in [5, 5.41) is 3.80. The van der Waals surface area contributed by atoms with Crippen LogP contribution in [0.5, 0.6) is 0 Å². The van der Waals surface area contributed by atoms with Gasteiger partial charge in [-0.25, -0.2) is 9.37 Å². The van der Waals surface area contributed by atoms with Crippen molar-refractivity contribution in [2.24, 2.45) is 5.73 Å². The van der Waals surface area contributed by atoms with Crippen LogP contribution in [0.3, 0.4) is 0 Å². The minimum Gasteiger partial charge on any atom is -0.370 e. The summed E-state index contributed by atoms with van der Waals surface area (Å²) >= 11 is 6.19. The highest BCUT2D eigenvalue weighted by molar-refractivity contribution is 6.31. The first kappa shape index (κ1) is 19.6. The number of nitrogen functional groups attached to an aromatic ring is 1. The quantitative estimate of drug-likeness (QED) is 0.587. The van der Waals surface area contributed by atoms with Gasteiger partial charge in [0, 0.05) is 23.2 Å². The number of carbonyl (C=O) groups is 1. The molecule has 28 heavy (non-hydrogen) atoms. The van der Waals surface area contributed by atoms with E-state index in [-0.39, 0.29) is 11.5 Å². The summed E-state index contributed by atoms with van der Waals surface area (Å²) in [6.45, 7) is 2.40. The zero-order chi connectivity index (χ0) is 20.3. The van der Waals surface area contributed by atoms with E-state index in [2.05, 4.69) is 15.3 Å². The molecule has 144 valence electrons. The molecule has 0 aliphatic rings. The van der Waals surface area contributed by atoms with Gasteiger partial charge in [0.05, 0.1) is 11.3 Å². The average molecular weight is 400 g/mol. The molecule has 0 radical (unpaired) electrons. The van der Waals surface area contributed by atoms with Crippen LogP contribution in [0.1, 0.15) is 21.5 Å². The molecule has 0 saturated carbocycles. The topological polar surface area (TPSA) is 107 Å².